The van der Waals surface area contributed by atoms with E-state index in [1.165, 1.54) is 0 Å². The van der Waals surface area contributed by atoms with E-state index < -0.39 is 5.92 Å². The number of hydrogen-bond acceptors (Lipinski definition) is 7. The van der Waals surface area contributed by atoms with Crippen LogP contribution < -0.4 is 25.4 Å². The third-order valence-electron chi connectivity index (χ3n) is 5.98. The number of benzene rings is 1. The van der Waals surface area contributed by atoms with Gasteiger partial charge in [0.2, 0.25) is 5.91 Å². The highest BCUT2D eigenvalue weighted by atomic mass is 32.2. The van der Waals surface area contributed by atoms with Gasteiger partial charge in [-0.3, -0.25) is 14.9 Å². The zero-order valence-corrected chi connectivity index (χ0v) is 18.4. The molecule has 1 amide bonds. The van der Waals surface area contributed by atoms with Gasteiger partial charge in [-0.15, -0.1) is 11.8 Å². The molecule has 2 heterocycles. The molecule has 1 saturated heterocycles. The molecule has 162 valence electrons. The Bertz CT molecular complexity index is 872. The minimum atomic E-state index is -0.428. The minimum Gasteiger partial charge on any atom is -0.493 e. The normalized spacial score (nSPS) is 28.2. The molecule has 0 aromatic heterocycles. The Morgan fingerprint density at radius 2 is 1.90 bits per heavy atom. The van der Waals surface area contributed by atoms with E-state index >= 15 is 0 Å². The number of methoxy groups -OCH3 is 2. The molecule has 0 saturated carbocycles. The molecule has 4 atom stereocenters. The van der Waals surface area contributed by atoms with E-state index in [9.17, 15) is 9.59 Å². The average Bonchev–Trinajstić information content (AvgIpc) is 2.76. The van der Waals surface area contributed by atoms with Crippen molar-refractivity contribution in [3.8, 4) is 11.5 Å². The Balaban J connectivity index is 1.76. The van der Waals surface area contributed by atoms with Crippen LogP contribution in [-0.4, -0.2) is 43.3 Å². The number of carbonyl (C=O) groups is 2. The van der Waals surface area contributed by atoms with Crippen LogP contribution in [0.15, 0.2) is 29.5 Å². The molecule has 2 aliphatic heterocycles. The van der Waals surface area contributed by atoms with E-state index in [1.54, 1.807) is 26.0 Å². The van der Waals surface area contributed by atoms with Gasteiger partial charge in [-0.1, -0.05) is 13.0 Å². The maximum atomic E-state index is 13.3. The summed E-state index contributed by atoms with van der Waals surface area (Å²) in [7, 11) is 3.18. The van der Waals surface area contributed by atoms with E-state index in [0.29, 0.717) is 17.9 Å². The second-order valence-electron chi connectivity index (χ2n) is 7.83. The van der Waals surface area contributed by atoms with Gasteiger partial charge in [-0.2, -0.15) is 0 Å². The predicted molar refractivity (Wildman–Crippen MR) is 116 cm³/mol. The molecule has 1 aliphatic carbocycles. The SMILES string of the molecule is CCCSC1NC(=O)C2C(NC3=C(C(=O)CCC3)C2c2ccc(OC)c(OC)c2)N1. The quantitative estimate of drug-likeness (QED) is 0.638. The van der Waals surface area contributed by atoms with Gasteiger partial charge >= 0.3 is 0 Å². The van der Waals surface area contributed by atoms with Gasteiger partial charge in [0.15, 0.2) is 17.3 Å². The fraction of sp³-hybridized carbons (Fsp3) is 0.545. The lowest BCUT2D eigenvalue weighted by Crippen LogP contribution is -2.67. The third kappa shape index (κ3) is 3.78. The van der Waals surface area contributed by atoms with Crippen molar-refractivity contribution >= 4 is 23.5 Å². The van der Waals surface area contributed by atoms with Crippen LogP contribution in [0, 0.1) is 5.92 Å². The van der Waals surface area contributed by atoms with Gasteiger partial charge in [0.25, 0.3) is 0 Å². The van der Waals surface area contributed by atoms with Gasteiger partial charge in [-0.05, 0) is 42.7 Å². The van der Waals surface area contributed by atoms with E-state index in [4.69, 9.17) is 9.47 Å². The maximum Gasteiger partial charge on any atom is 0.229 e. The number of carbonyl (C=O) groups excluding carboxylic acids is 2. The first-order chi connectivity index (χ1) is 14.6. The molecule has 4 unspecified atom stereocenters. The van der Waals surface area contributed by atoms with Crippen LogP contribution in [0.5, 0.6) is 11.5 Å². The van der Waals surface area contributed by atoms with Crippen LogP contribution in [-0.2, 0) is 9.59 Å². The van der Waals surface area contributed by atoms with E-state index in [-0.39, 0.29) is 29.3 Å². The zero-order chi connectivity index (χ0) is 21.3. The summed E-state index contributed by atoms with van der Waals surface area (Å²) in [6, 6.07) is 5.67. The van der Waals surface area contributed by atoms with Crippen LogP contribution in [0.3, 0.4) is 0 Å². The van der Waals surface area contributed by atoms with Gasteiger partial charge in [0.1, 0.15) is 5.50 Å². The number of allylic oxidation sites excluding steroid dienone is 2. The highest BCUT2D eigenvalue weighted by molar-refractivity contribution is 7.99. The molecule has 0 radical (unpaired) electrons. The van der Waals surface area contributed by atoms with Gasteiger partial charge < -0.3 is 20.1 Å². The Kier molecular flexibility index (Phi) is 6.24. The zero-order valence-electron chi connectivity index (χ0n) is 17.6. The largest absolute Gasteiger partial charge is 0.493 e. The number of ether oxygens (including phenoxy) is 2. The van der Waals surface area contributed by atoms with Crippen molar-refractivity contribution in [3.63, 3.8) is 0 Å². The number of fused-ring (bicyclic) bond motifs is 1. The molecule has 0 spiro atoms. The molecule has 3 aliphatic rings. The standard InChI is InChI=1S/C22H29N3O4S/c1-4-10-30-22-24-20-19(21(27)25-22)17(18-13(23-20)6-5-7-14(18)26)12-8-9-15(28-2)16(11-12)29-3/h8-9,11,17,19-20,22-24H,4-7,10H2,1-3H3,(H,25,27). The molecule has 8 heteroatoms. The maximum absolute atomic E-state index is 13.3. The smallest absolute Gasteiger partial charge is 0.229 e. The van der Waals surface area contributed by atoms with E-state index in [2.05, 4.69) is 22.9 Å². The Labute approximate surface area is 181 Å². The first kappa shape index (κ1) is 21.1. The van der Waals surface area contributed by atoms with Crippen LogP contribution in [0.4, 0.5) is 0 Å². The predicted octanol–water partition coefficient (Wildman–Crippen LogP) is 2.49. The third-order valence-corrected chi connectivity index (χ3v) is 7.21. The summed E-state index contributed by atoms with van der Waals surface area (Å²) in [5, 5.41) is 10.1. The van der Waals surface area contributed by atoms with E-state index in [1.807, 2.05) is 18.2 Å². The summed E-state index contributed by atoms with van der Waals surface area (Å²) in [4.78, 5) is 26.2. The molecule has 0 bridgehead atoms. The van der Waals surface area contributed by atoms with Crippen molar-refractivity contribution in [2.24, 2.45) is 5.92 Å². The number of hydrogen-bond donors (Lipinski definition) is 3. The number of Topliss-reactive ketones (excluding diaryl/α,β-unsaturated/α-hetero) is 1. The van der Waals surface area contributed by atoms with Crippen LogP contribution in [0.2, 0.25) is 0 Å². The number of nitrogens with one attached hydrogen (secondary N) is 3. The lowest BCUT2D eigenvalue weighted by molar-refractivity contribution is -0.130. The molecule has 1 aromatic carbocycles. The Morgan fingerprint density at radius 3 is 2.63 bits per heavy atom. The second kappa shape index (κ2) is 8.89. The second-order valence-corrected chi connectivity index (χ2v) is 9.05. The molecular formula is C22H29N3O4S. The summed E-state index contributed by atoms with van der Waals surface area (Å²) < 4.78 is 10.9. The first-order valence-electron chi connectivity index (χ1n) is 10.5. The number of amides is 1. The number of thioether (sulfide) groups is 1. The van der Waals surface area contributed by atoms with Crippen LogP contribution >= 0.6 is 11.8 Å². The highest BCUT2D eigenvalue weighted by Gasteiger charge is 2.49. The average molecular weight is 432 g/mol. The van der Waals surface area contributed by atoms with Crippen molar-refractivity contribution in [2.45, 2.75) is 50.2 Å². The molecule has 30 heavy (non-hydrogen) atoms. The molecule has 3 N–H and O–H groups in total. The molecule has 1 fully saturated rings. The van der Waals surface area contributed by atoms with Gasteiger partial charge in [0.05, 0.1) is 26.3 Å². The summed E-state index contributed by atoms with van der Waals surface area (Å²) in [5.74, 6) is 1.50. The Hall–Kier alpha value is -2.19. The van der Waals surface area contributed by atoms with Crippen LogP contribution in [0.25, 0.3) is 0 Å². The van der Waals surface area contributed by atoms with Crippen LogP contribution in [0.1, 0.15) is 44.1 Å². The summed E-state index contributed by atoms with van der Waals surface area (Å²) >= 11 is 1.69. The van der Waals surface area contributed by atoms with Crippen molar-refractivity contribution in [1.29, 1.82) is 0 Å². The first-order valence-corrected chi connectivity index (χ1v) is 11.5. The van der Waals surface area contributed by atoms with Crippen molar-refractivity contribution < 1.29 is 19.1 Å². The lowest BCUT2D eigenvalue weighted by Gasteiger charge is -2.47. The van der Waals surface area contributed by atoms with E-state index in [0.717, 1.165) is 41.8 Å². The Morgan fingerprint density at radius 1 is 1.10 bits per heavy atom. The van der Waals surface area contributed by atoms with Gasteiger partial charge in [0, 0.05) is 23.6 Å². The molecule has 7 nitrogen and oxygen atoms in total. The lowest BCUT2D eigenvalue weighted by atomic mass is 9.70. The monoisotopic (exact) mass is 431 g/mol. The molecule has 4 rings (SSSR count). The molecular weight excluding hydrogens is 402 g/mol. The summed E-state index contributed by atoms with van der Waals surface area (Å²) in [6.07, 6.45) is 2.99. The summed E-state index contributed by atoms with van der Waals surface area (Å²) in [6.45, 7) is 2.12. The number of ketones is 1. The highest BCUT2D eigenvalue weighted by Crippen LogP contribution is 2.45. The van der Waals surface area contributed by atoms with Crippen molar-refractivity contribution in [1.82, 2.24) is 16.0 Å². The summed E-state index contributed by atoms with van der Waals surface area (Å²) in [5.41, 5.74) is 2.46. The fourth-order valence-electron chi connectivity index (χ4n) is 4.65. The fourth-order valence-corrected chi connectivity index (χ4v) is 5.56. The van der Waals surface area contributed by atoms with Crippen molar-refractivity contribution in [2.75, 3.05) is 20.0 Å². The molecule has 1 aromatic rings. The number of rotatable bonds is 6. The topological polar surface area (TPSA) is 88.7 Å². The van der Waals surface area contributed by atoms with Crippen molar-refractivity contribution in [3.05, 3.63) is 35.0 Å². The minimum absolute atomic E-state index is 0.0374. The van der Waals surface area contributed by atoms with Gasteiger partial charge in [-0.25, -0.2) is 0 Å².